The lowest BCUT2D eigenvalue weighted by atomic mass is 10.00. The molecule has 0 unspecified atom stereocenters. The molecule has 2 aliphatic heterocycles. The van der Waals surface area contributed by atoms with Gasteiger partial charge in [0.15, 0.2) is 11.6 Å². The first-order valence-corrected chi connectivity index (χ1v) is 12.0. The zero-order valence-electron chi connectivity index (χ0n) is 19.5. The number of benzene rings is 1. The number of likely N-dealkylation sites (tertiary alicyclic amines) is 1. The molecule has 3 aromatic rings. The number of hydrogen-bond donors (Lipinski definition) is 4. The first-order chi connectivity index (χ1) is 16.6. The third-order valence-electron chi connectivity index (χ3n) is 6.82. The molecule has 2 aromatic heterocycles. The van der Waals surface area contributed by atoms with Gasteiger partial charge in [-0.05, 0) is 30.4 Å². The average molecular weight is 465 g/mol. The lowest BCUT2D eigenvalue weighted by Crippen LogP contribution is -2.41. The van der Waals surface area contributed by atoms with Crippen LogP contribution in [0.1, 0.15) is 30.9 Å². The Morgan fingerprint density at radius 1 is 1.18 bits per heavy atom. The molecular formula is C24H32N8O2. The minimum Gasteiger partial charge on any atom is -0.390 e. The molecule has 2 aliphatic rings. The van der Waals surface area contributed by atoms with Gasteiger partial charge in [0.1, 0.15) is 17.4 Å². The Hall–Kier alpha value is -3.24. The molecule has 0 saturated carbocycles. The topological polar surface area (TPSA) is 122 Å². The maximum atomic E-state index is 11.6. The predicted octanol–water partition coefficient (Wildman–Crippen LogP) is 1.61. The summed E-state index contributed by atoms with van der Waals surface area (Å²) in [5.74, 6) is 1.44. The Bertz CT molecular complexity index is 1140. The summed E-state index contributed by atoms with van der Waals surface area (Å²) in [5, 5.41) is 24.8. The Balaban J connectivity index is 1.16. The first kappa shape index (κ1) is 22.5. The number of carbonyl (C=O) groups excluding carboxylic acids is 1. The molecule has 0 aliphatic carbocycles. The summed E-state index contributed by atoms with van der Waals surface area (Å²) in [5.41, 5.74) is 4.18. The quantitative estimate of drug-likeness (QED) is 0.416. The van der Waals surface area contributed by atoms with Crippen molar-refractivity contribution < 1.29 is 9.90 Å². The van der Waals surface area contributed by atoms with Gasteiger partial charge >= 0.3 is 0 Å². The molecule has 0 spiro atoms. The standard InChI is InChI=1S/C24H32N8O2/c1-16(33)32-10-7-19(8-11-32)28-23-22-21(26-15-27-23)24(30-29-22)25-12-20(34)14-31-9-6-17-4-2-3-5-18(17)13-31/h2-5,15,19-20,34H,6-14H2,1H3,(H2,25,29,30)(H,26,27,28)/t20-/m0/s1. The molecule has 10 nitrogen and oxygen atoms in total. The molecule has 1 saturated heterocycles. The number of rotatable bonds is 7. The van der Waals surface area contributed by atoms with E-state index in [9.17, 15) is 9.90 Å². The number of anilines is 2. The van der Waals surface area contributed by atoms with Crippen LogP contribution in [-0.4, -0.2) is 85.8 Å². The molecule has 5 rings (SSSR count). The molecule has 10 heteroatoms. The molecule has 1 amide bonds. The van der Waals surface area contributed by atoms with E-state index in [1.165, 1.54) is 17.5 Å². The van der Waals surface area contributed by atoms with Gasteiger partial charge < -0.3 is 20.6 Å². The van der Waals surface area contributed by atoms with Crippen LogP contribution in [0.3, 0.4) is 0 Å². The van der Waals surface area contributed by atoms with E-state index in [-0.39, 0.29) is 11.9 Å². The fraction of sp³-hybridized carbons (Fsp3) is 0.500. The third kappa shape index (κ3) is 4.97. The van der Waals surface area contributed by atoms with Gasteiger partial charge in [-0.15, -0.1) is 0 Å². The second-order valence-electron chi connectivity index (χ2n) is 9.23. The number of fused-ring (bicyclic) bond motifs is 2. The van der Waals surface area contributed by atoms with Crippen LogP contribution >= 0.6 is 0 Å². The molecule has 0 bridgehead atoms. The van der Waals surface area contributed by atoms with Gasteiger partial charge in [-0.25, -0.2) is 9.97 Å². The highest BCUT2D eigenvalue weighted by atomic mass is 16.3. The van der Waals surface area contributed by atoms with Gasteiger partial charge in [-0.2, -0.15) is 5.10 Å². The Morgan fingerprint density at radius 3 is 2.76 bits per heavy atom. The van der Waals surface area contributed by atoms with Crippen molar-refractivity contribution in [2.24, 2.45) is 0 Å². The van der Waals surface area contributed by atoms with Crippen molar-refractivity contribution in [2.45, 2.75) is 44.9 Å². The van der Waals surface area contributed by atoms with Gasteiger partial charge in [0, 0.05) is 52.2 Å². The van der Waals surface area contributed by atoms with Crippen LogP contribution in [0.5, 0.6) is 0 Å². The number of aromatic amines is 1. The molecule has 4 heterocycles. The van der Waals surface area contributed by atoms with Crippen molar-refractivity contribution in [3.05, 3.63) is 41.7 Å². The zero-order valence-corrected chi connectivity index (χ0v) is 19.5. The van der Waals surface area contributed by atoms with Gasteiger partial charge in [0.25, 0.3) is 0 Å². The summed E-state index contributed by atoms with van der Waals surface area (Å²) < 4.78 is 0. The van der Waals surface area contributed by atoms with Crippen LogP contribution in [0, 0.1) is 0 Å². The third-order valence-corrected chi connectivity index (χ3v) is 6.82. The molecule has 1 atom stereocenters. The number of aliphatic hydroxyl groups is 1. The number of β-amino-alcohol motifs (C(OH)–C–C–N with tert-alkyl or cyclic N) is 1. The van der Waals surface area contributed by atoms with Gasteiger partial charge in [-0.3, -0.25) is 14.8 Å². The van der Waals surface area contributed by atoms with E-state index in [2.05, 4.69) is 60.0 Å². The van der Waals surface area contributed by atoms with E-state index in [0.717, 1.165) is 51.0 Å². The first-order valence-electron chi connectivity index (χ1n) is 12.0. The second-order valence-corrected chi connectivity index (χ2v) is 9.23. The van der Waals surface area contributed by atoms with Crippen molar-refractivity contribution in [1.29, 1.82) is 0 Å². The van der Waals surface area contributed by atoms with Crippen LogP contribution in [0.15, 0.2) is 30.6 Å². The lowest BCUT2D eigenvalue weighted by Gasteiger charge is -2.31. The summed E-state index contributed by atoms with van der Waals surface area (Å²) in [4.78, 5) is 24.5. The average Bonchev–Trinajstić information content (AvgIpc) is 3.27. The lowest BCUT2D eigenvalue weighted by molar-refractivity contribution is -0.129. The fourth-order valence-corrected chi connectivity index (χ4v) is 4.89. The van der Waals surface area contributed by atoms with Crippen molar-refractivity contribution in [3.63, 3.8) is 0 Å². The van der Waals surface area contributed by atoms with Gasteiger partial charge in [0.2, 0.25) is 5.91 Å². The Morgan fingerprint density at radius 2 is 1.97 bits per heavy atom. The number of carbonyl (C=O) groups is 1. The zero-order chi connectivity index (χ0) is 23.5. The number of H-pyrrole nitrogens is 1. The summed E-state index contributed by atoms with van der Waals surface area (Å²) in [6.07, 6.45) is 3.76. The van der Waals surface area contributed by atoms with Crippen molar-refractivity contribution in [1.82, 2.24) is 30.0 Å². The van der Waals surface area contributed by atoms with Crippen molar-refractivity contribution >= 4 is 28.6 Å². The van der Waals surface area contributed by atoms with Crippen LogP contribution < -0.4 is 10.6 Å². The molecule has 0 radical (unpaired) electrons. The second kappa shape index (κ2) is 9.94. The number of piperidine rings is 1. The Labute approximate surface area is 198 Å². The summed E-state index contributed by atoms with van der Waals surface area (Å²) >= 11 is 0. The predicted molar refractivity (Wildman–Crippen MR) is 131 cm³/mol. The molecule has 1 aromatic carbocycles. The summed E-state index contributed by atoms with van der Waals surface area (Å²) in [6, 6.07) is 8.75. The number of aromatic nitrogens is 4. The van der Waals surface area contributed by atoms with E-state index in [1.807, 2.05) is 4.90 Å². The highest BCUT2D eigenvalue weighted by Gasteiger charge is 2.23. The monoisotopic (exact) mass is 464 g/mol. The fourth-order valence-electron chi connectivity index (χ4n) is 4.89. The molecular weight excluding hydrogens is 432 g/mol. The number of hydrogen-bond acceptors (Lipinski definition) is 8. The van der Waals surface area contributed by atoms with Crippen LogP contribution in [0.2, 0.25) is 0 Å². The number of aliphatic hydroxyl groups excluding tert-OH is 1. The summed E-state index contributed by atoms with van der Waals surface area (Å²) in [6.45, 7) is 5.91. The number of nitrogens with one attached hydrogen (secondary N) is 3. The number of nitrogens with zero attached hydrogens (tertiary/aromatic N) is 5. The van der Waals surface area contributed by atoms with E-state index in [0.29, 0.717) is 30.2 Å². The van der Waals surface area contributed by atoms with Gasteiger partial charge in [-0.1, -0.05) is 24.3 Å². The maximum Gasteiger partial charge on any atom is 0.219 e. The van der Waals surface area contributed by atoms with E-state index < -0.39 is 6.10 Å². The van der Waals surface area contributed by atoms with Gasteiger partial charge in [0.05, 0.1) is 6.10 Å². The minimum atomic E-state index is -0.525. The minimum absolute atomic E-state index is 0.124. The van der Waals surface area contributed by atoms with Crippen LogP contribution in [-0.2, 0) is 17.8 Å². The molecule has 4 N–H and O–H groups in total. The normalized spacial score (nSPS) is 18.0. The van der Waals surface area contributed by atoms with Crippen LogP contribution in [0.25, 0.3) is 11.0 Å². The Kier molecular flexibility index (Phi) is 6.59. The maximum absolute atomic E-state index is 11.6. The molecule has 34 heavy (non-hydrogen) atoms. The van der Waals surface area contributed by atoms with Crippen LogP contribution in [0.4, 0.5) is 11.6 Å². The van der Waals surface area contributed by atoms with E-state index in [1.54, 1.807) is 6.92 Å². The largest absolute Gasteiger partial charge is 0.390 e. The SMILES string of the molecule is CC(=O)N1CCC(Nc2ncnc3c(NC[C@H](O)CN4CCc5ccccc5C4)n[nH]c23)CC1. The highest BCUT2D eigenvalue weighted by Crippen LogP contribution is 2.25. The van der Waals surface area contributed by atoms with Crippen molar-refractivity contribution in [2.75, 3.05) is 43.4 Å². The van der Waals surface area contributed by atoms with E-state index in [4.69, 9.17) is 0 Å². The van der Waals surface area contributed by atoms with E-state index >= 15 is 0 Å². The molecule has 180 valence electrons. The molecule has 1 fully saturated rings. The highest BCUT2D eigenvalue weighted by molar-refractivity contribution is 5.92. The summed E-state index contributed by atoms with van der Waals surface area (Å²) in [7, 11) is 0. The van der Waals surface area contributed by atoms with Crippen molar-refractivity contribution in [3.8, 4) is 0 Å². The number of amides is 1. The smallest absolute Gasteiger partial charge is 0.219 e.